The third-order valence-corrected chi connectivity index (χ3v) is 3.70. The largest absolute Gasteiger partial charge is 0.366 e. The summed E-state index contributed by atoms with van der Waals surface area (Å²) in [5.41, 5.74) is 7.69. The second kappa shape index (κ2) is 7.27. The Morgan fingerprint density at radius 3 is 2.76 bits per heavy atom. The van der Waals surface area contributed by atoms with E-state index >= 15 is 0 Å². The summed E-state index contributed by atoms with van der Waals surface area (Å²) in [6.07, 6.45) is 1.55. The molecule has 25 heavy (non-hydrogen) atoms. The van der Waals surface area contributed by atoms with Gasteiger partial charge < -0.3 is 11.1 Å². The van der Waals surface area contributed by atoms with Crippen LogP contribution in [-0.2, 0) is 6.54 Å². The number of primary amides is 1. The van der Waals surface area contributed by atoms with Gasteiger partial charge in [-0.15, -0.1) is 0 Å². The lowest BCUT2D eigenvalue weighted by Crippen LogP contribution is -2.12. The van der Waals surface area contributed by atoms with Crippen molar-refractivity contribution in [3.05, 3.63) is 76.8 Å². The Balaban J connectivity index is 1.92. The molecule has 3 aromatic rings. The molecule has 0 aliphatic rings. The number of nitrogens with one attached hydrogen (secondary N) is 1. The van der Waals surface area contributed by atoms with Crippen molar-refractivity contribution in [1.82, 2.24) is 9.97 Å². The van der Waals surface area contributed by atoms with Gasteiger partial charge in [0, 0.05) is 23.9 Å². The van der Waals surface area contributed by atoms with Gasteiger partial charge in [0.2, 0.25) is 5.91 Å². The second-order valence-electron chi connectivity index (χ2n) is 5.34. The molecule has 7 heteroatoms. The van der Waals surface area contributed by atoms with Crippen LogP contribution in [-0.4, -0.2) is 15.9 Å². The van der Waals surface area contributed by atoms with Gasteiger partial charge in [-0.25, -0.2) is 14.4 Å². The number of nitrogens with zero attached hydrogens (tertiary/aromatic N) is 2. The van der Waals surface area contributed by atoms with Crippen molar-refractivity contribution in [1.29, 1.82) is 0 Å². The van der Waals surface area contributed by atoms with E-state index in [1.54, 1.807) is 42.6 Å². The minimum Gasteiger partial charge on any atom is -0.366 e. The molecular weight excluding hydrogens is 343 g/mol. The molecular formula is C18H14ClFN4O. The SMILES string of the molecule is NC(=O)c1cc(NCc2cccc(F)c2)nc(-c2ccnc(Cl)c2)c1. The Bertz CT molecular complexity index is 932. The van der Waals surface area contributed by atoms with E-state index in [0.29, 0.717) is 34.3 Å². The molecule has 5 nitrogen and oxygen atoms in total. The van der Waals surface area contributed by atoms with Crippen molar-refractivity contribution in [2.45, 2.75) is 6.54 Å². The highest BCUT2D eigenvalue weighted by Crippen LogP contribution is 2.23. The van der Waals surface area contributed by atoms with Crippen LogP contribution >= 0.6 is 11.6 Å². The number of carbonyl (C=O) groups is 1. The number of carbonyl (C=O) groups excluding carboxylic acids is 1. The summed E-state index contributed by atoms with van der Waals surface area (Å²) in [4.78, 5) is 20.0. The molecule has 3 rings (SSSR count). The highest BCUT2D eigenvalue weighted by molar-refractivity contribution is 6.29. The van der Waals surface area contributed by atoms with Crippen LogP contribution in [0.3, 0.4) is 0 Å². The number of amides is 1. The van der Waals surface area contributed by atoms with Crippen LogP contribution in [0, 0.1) is 5.82 Å². The summed E-state index contributed by atoms with van der Waals surface area (Å²) >= 11 is 5.91. The molecule has 0 fully saturated rings. The quantitative estimate of drug-likeness (QED) is 0.684. The highest BCUT2D eigenvalue weighted by Gasteiger charge is 2.09. The molecule has 0 aliphatic heterocycles. The minimum absolute atomic E-state index is 0.305. The van der Waals surface area contributed by atoms with Gasteiger partial charge in [-0.2, -0.15) is 0 Å². The van der Waals surface area contributed by atoms with E-state index in [-0.39, 0.29) is 5.82 Å². The van der Waals surface area contributed by atoms with Crippen LogP contribution in [0.1, 0.15) is 15.9 Å². The number of hydrogen-bond donors (Lipinski definition) is 2. The summed E-state index contributed by atoms with van der Waals surface area (Å²) in [6, 6.07) is 12.7. The van der Waals surface area contributed by atoms with E-state index in [0.717, 1.165) is 5.56 Å². The van der Waals surface area contributed by atoms with Crippen LogP contribution in [0.5, 0.6) is 0 Å². The molecule has 0 saturated carbocycles. The zero-order valence-electron chi connectivity index (χ0n) is 13.0. The van der Waals surface area contributed by atoms with E-state index in [2.05, 4.69) is 15.3 Å². The zero-order chi connectivity index (χ0) is 17.8. The van der Waals surface area contributed by atoms with Crippen molar-refractivity contribution >= 4 is 23.3 Å². The molecule has 0 atom stereocenters. The average Bonchev–Trinajstić information content (AvgIpc) is 2.60. The topological polar surface area (TPSA) is 80.9 Å². The summed E-state index contributed by atoms with van der Waals surface area (Å²) in [6.45, 7) is 0.351. The molecule has 2 heterocycles. The third kappa shape index (κ3) is 4.30. The number of hydrogen-bond acceptors (Lipinski definition) is 4. The van der Waals surface area contributed by atoms with Gasteiger partial charge in [0.15, 0.2) is 0 Å². The van der Waals surface area contributed by atoms with Gasteiger partial charge in [-0.1, -0.05) is 23.7 Å². The van der Waals surface area contributed by atoms with E-state index < -0.39 is 5.91 Å². The molecule has 0 radical (unpaired) electrons. The number of aromatic nitrogens is 2. The maximum absolute atomic E-state index is 13.3. The Hall–Kier alpha value is -2.99. The molecule has 2 aromatic heterocycles. The van der Waals surface area contributed by atoms with Gasteiger partial charge in [0.1, 0.15) is 16.8 Å². The van der Waals surface area contributed by atoms with Gasteiger partial charge in [0.25, 0.3) is 0 Å². The Morgan fingerprint density at radius 1 is 1.20 bits per heavy atom. The molecule has 1 aromatic carbocycles. The number of halogens is 2. The van der Waals surface area contributed by atoms with Crippen LogP contribution in [0.25, 0.3) is 11.3 Å². The van der Waals surface area contributed by atoms with Crippen molar-refractivity contribution in [3.8, 4) is 11.3 Å². The van der Waals surface area contributed by atoms with Gasteiger partial charge in [-0.05, 0) is 42.0 Å². The smallest absolute Gasteiger partial charge is 0.248 e. The molecule has 3 N–H and O–H groups in total. The first-order valence-electron chi connectivity index (χ1n) is 7.43. The molecule has 0 bridgehead atoms. The normalized spacial score (nSPS) is 10.5. The average molecular weight is 357 g/mol. The summed E-state index contributed by atoms with van der Waals surface area (Å²) in [7, 11) is 0. The fraction of sp³-hybridized carbons (Fsp3) is 0.0556. The maximum atomic E-state index is 13.3. The lowest BCUT2D eigenvalue weighted by molar-refractivity contribution is 0.100. The molecule has 0 spiro atoms. The van der Waals surface area contributed by atoms with Crippen LogP contribution < -0.4 is 11.1 Å². The van der Waals surface area contributed by atoms with Gasteiger partial charge in [-0.3, -0.25) is 4.79 Å². The number of anilines is 1. The highest BCUT2D eigenvalue weighted by atomic mass is 35.5. The first-order valence-corrected chi connectivity index (χ1v) is 7.81. The third-order valence-electron chi connectivity index (χ3n) is 3.49. The summed E-state index contributed by atoms with van der Waals surface area (Å²) in [5.74, 6) is -0.439. The predicted molar refractivity (Wildman–Crippen MR) is 94.7 cm³/mol. The predicted octanol–water partition coefficient (Wildman–Crippen LogP) is 3.65. The summed E-state index contributed by atoms with van der Waals surface area (Å²) in [5, 5.41) is 3.39. The van der Waals surface area contributed by atoms with E-state index in [1.807, 2.05) is 0 Å². The first-order chi connectivity index (χ1) is 12.0. The van der Waals surface area contributed by atoms with Gasteiger partial charge >= 0.3 is 0 Å². The molecule has 126 valence electrons. The number of rotatable bonds is 5. The Morgan fingerprint density at radius 2 is 2.04 bits per heavy atom. The first kappa shape index (κ1) is 16.9. The standard InChI is InChI=1S/C18H14ClFN4O/c19-16-8-12(4-5-22-16)15-7-13(18(21)25)9-17(24-15)23-10-11-2-1-3-14(20)6-11/h1-9H,10H2,(H2,21,25)(H,23,24). The van der Waals surface area contributed by atoms with Crippen molar-refractivity contribution in [2.24, 2.45) is 5.73 Å². The molecule has 0 aliphatic carbocycles. The zero-order valence-corrected chi connectivity index (χ0v) is 13.8. The fourth-order valence-corrected chi connectivity index (χ4v) is 2.49. The minimum atomic E-state index is -0.572. The van der Waals surface area contributed by atoms with Crippen LogP contribution in [0.15, 0.2) is 54.7 Å². The van der Waals surface area contributed by atoms with E-state index in [4.69, 9.17) is 17.3 Å². The van der Waals surface area contributed by atoms with Crippen LogP contribution in [0.4, 0.5) is 10.2 Å². The Kier molecular flexibility index (Phi) is 4.90. The maximum Gasteiger partial charge on any atom is 0.248 e. The van der Waals surface area contributed by atoms with Crippen LogP contribution in [0.2, 0.25) is 5.15 Å². The number of pyridine rings is 2. The Labute approximate surface area is 148 Å². The molecule has 0 unspecified atom stereocenters. The number of nitrogens with two attached hydrogens (primary N) is 1. The second-order valence-corrected chi connectivity index (χ2v) is 5.73. The summed E-state index contributed by atoms with van der Waals surface area (Å²) < 4.78 is 13.3. The number of benzene rings is 1. The lowest BCUT2D eigenvalue weighted by Gasteiger charge is -2.10. The van der Waals surface area contributed by atoms with E-state index in [1.165, 1.54) is 12.1 Å². The van der Waals surface area contributed by atoms with E-state index in [9.17, 15) is 9.18 Å². The molecule has 0 saturated heterocycles. The van der Waals surface area contributed by atoms with Crippen molar-refractivity contribution in [2.75, 3.05) is 5.32 Å². The van der Waals surface area contributed by atoms with Gasteiger partial charge in [0.05, 0.1) is 5.69 Å². The lowest BCUT2D eigenvalue weighted by atomic mass is 10.1. The molecule has 1 amide bonds. The fourth-order valence-electron chi connectivity index (χ4n) is 2.31. The van der Waals surface area contributed by atoms with Crippen molar-refractivity contribution < 1.29 is 9.18 Å². The monoisotopic (exact) mass is 356 g/mol. The van der Waals surface area contributed by atoms with Crippen molar-refractivity contribution in [3.63, 3.8) is 0 Å².